The van der Waals surface area contributed by atoms with Gasteiger partial charge in [0, 0.05) is 38.9 Å². The first-order valence-electron chi connectivity index (χ1n) is 11.2. The summed E-state index contributed by atoms with van der Waals surface area (Å²) < 4.78 is 44.1. The molecule has 1 aliphatic rings. The van der Waals surface area contributed by atoms with E-state index in [9.17, 15) is 4.79 Å². The molecule has 35 heavy (non-hydrogen) atoms. The number of nitrogens with zero attached hydrogens (tertiary/aromatic N) is 2. The van der Waals surface area contributed by atoms with E-state index in [4.69, 9.17) is 35.2 Å². The minimum atomic E-state index is -1.59. The molecule has 0 saturated carbocycles. The van der Waals surface area contributed by atoms with Crippen molar-refractivity contribution in [2.45, 2.75) is 24.6 Å². The van der Waals surface area contributed by atoms with Gasteiger partial charge in [0.1, 0.15) is 42.6 Å². The molecule has 0 radical (unpaired) electrons. The van der Waals surface area contributed by atoms with Crippen LogP contribution in [0.3, 0.4) is 0 Å². The highest BCUT2D eigenvalue weighted by Crippen LogP contribution is 2.39. The molecule has 11 nitrogen and oxygen atoms in total. The monoisotopic (exact) mass is 491 g/mol. The lowest BCUT2D eigenvalue weighted by Gasteiger charge is -2.16. The van der Waals surface area contributed by atoms with Gasteiger partial charge in [0.2, 0.25) is 0 Å². The standard InChI is InChI=1S/C23H30FN5O6/c1-31-12-17-20(32-2)19(24)22(35-17)29-11-13-10-14(27-21(13)28-23(29)30)18-15(33-8-6-25)4-3-5-16(18)34-9-7-26/h3-5,10-11,17,19-20,22H,6-9,12,25-26H2,1-2H3,(H,27,28,30)/t17-,19+,20?,22-/m1/s1. The first-order valence-corrected chi connectivity index (χ1v) is 11.2. The summed E-state index contributed by atoms with van der Waals surface area (Å²) in [5.74, 6) is 1.08. The Morgan fingerprint density at radius 1 is 1.17 bits per heavy atom. The van der Waals surface area contributed by atoms with E-state index in [1.165, 1.54) is 20.4 Å². The number of methoxy groups -OCH3 is 2. The Bertz CT molecular complexity index is 1170. The van der Waals surface area contributed by atoms with Gasteiger partial charge in [0.25, 0.3) is 0 Å². The number of aromatic amines is 1. The number of fused-ring (bicyclic) bond motifs is 1. The second-order valence-electron chi connectivity index (χ2n) is 7.99. The quantitative estimate of drug-likeness (QED) is 0.357. The molecule has 0 amide bonds. The zero-order valence-corrected chi connectivity index (χ0v) is 19.6. The average Bonchev–Trinajstić information content (AvgIpc) is 3.40. The van der Waals surface area contributed by atoms with Crippen LogP contribution < -0.4 is 26.6 Å². The van der Waals surface area contributed by atoms with E-state index in [1.54, 1.807) is 24.3 Å². The summed E-state index contributed by atoms with van der Waals surface area (Å²) in [6.07, 6.45) is -2.82. The van der Waals surface area contributed by atoms with Crippen LogP contribution in [0.2, 0.25) is 0 Å². The summed E-state index contributed by atoms with van der Waals surface area (Å²) in [4.78, 5) is 20.1. The summed E-state index contributed by atoms with van der Waals surface area (Å²) in [6, 6.07) is 7.16. The fourth-order valence-corrected chi connectivity index (χ4v) is 4.18. The highest BCUT2D eigenvalue weighted by Gasteiger charge is 2.47. The molecule has 4 atom stereocenters. The van der Waals surface area contributed by atoms with Crippen LogP contribution in [0.15, 0.2) is 35.3 Å². The zero-order valence-electron chi connectivity index (χ0n) is 19.6. The highest BCUT2D eigenvalue weighted by molar-refractivity contribution is 5.86. The molecule has 12 heteroatoms. The molecule has 0 bridgehead atoms. The summed E-state index contributed by atoms with van der Waals surface area (Å²) in [5.41, 5.74) is 12.1. The summed E-state index contributed by atoms with van der Waals surface area (Å²) in [5, 5.41) is 0.568. The molecule has 0 spiro atoms. The summed E-state index contributed by atoms with van der Waals surface area (Å²) in [6.45, 7) is 1.39. The number of nitrogens with two attached hydrogens (primary N) is 2. The second kappa shape index (κ2) is 11.1. The maximum absolute atomic E-state index is 15.2. The van der Waals surface area contributed by atoms with Crippen LogP contribution in [0.25, 0.3) is 22.3 Å². The number of nitrogens with one attached hydrogen (secondary N) is 1. The number of H-pyrrole nitrogens is 1. The van der Waals surface area contributed by atoms with Crippen molar-refractivity contribution in [1.82, 2.24) is 14.5 Å². The Morgan fingerprint density at radius 3 is 2.46 bits per heavy atom. The first-order chi connectivity index (χ1) is 17.0. The van der Waals surface area contributed by atoms with Gasteiger partial charge in [-0.05, 0) is 18.2 Å². The smallest absolute Gasteiger partial charge is 0.351 e. The van der Waals surface area contributed by atoms with Crippen LogP contribution >= 0.6 is 0 Å². The zero-order chi connectivity index (χ0) is 24.9. The van der Waals surface area contributed by atoms with Crippen LogP contribution in [0, 0.1) is 0 Å². The van der Waals surface area contributed by atoms with E-state index in [2.05, 4.69) is 9.97 Å². The van der Waals surface area contributed by atoms with E-state index in [1.807, 2.05) is 0 Å². The molecular weight excluding hydrogens is 461 g/mol. The Morgan fingerprint density at radius 2 is 1.86 bits per heavy atom. The van der Waals surface area contributed by atoms with Crippen LogP contribution in [0.1, 0.15) is 6.23 Å². The van der Waals surface area contributed by atoms with Crippen molar-refractivity contribution in [2.75, 3.05) is 47.1 Å². The van der Waals surface area contributed by atoms with Crippen molar-refractivity contribution in [3.05, 3.63) is 40.9 Å². The van der Waals surface area contributed by atoms with Crippen LogP contribution in [-0.2, 0) is 14.2 Å². The molecule has 190 valence electrons. The van der Waals surface area contributed by atoms with Gasteiger partial charge >= 0.3 is 5.69 Å². The molecular formula is C23H30FN5O6. The predicted molar refractivity (Wildman–Crippen MR) is 126 cm³/mol. The van der Waals surface area contributed by atoms with Crippen molar-refractivity contribution < 1.29 is 28.1 Å². The maximum Gasteiger partial charge on any atom is 0.351 e. The van der Waals surface area contributed by atoms with E-state index in [0.717, 1.165) is 4.57 Å². The van der Waals surface area contributed by atoms with Crippen molar-refractivity contribution in [2.24, 2.45) is 11.5 Å². The predicted octanol–water partition coefficient (Wildman–Crippen LogP) is 0.964. The van der Waals surface area contributed by atoms with Gasteiger partial charge in [-0.25, -0.2) is 9.18 Å². The normalized spacial score (nSPS) is 22.1. The van der Waals surface area contributed by atoms with E-state index < -0.39 is 30.3 Å². The molecule has 1 unspecified atom stereocenters. The van der Waals surface area contributed by atoms with Gasteiger partial charge in [0.15, 0.2) is 12.4 Å². The number of benzene rings is 1. The topological polar surface area (TPSA) is 149 Å². The third kappa shape index (κ3) is 5.02. The van der Waals surface area contributed by atoms with E-state index in [-0.39, 0.29) is 6.61 Å². The first kappa shape index (κ1) is 25.1. The number of hydrogen-bond donors (Lipinski definition) is 3. The average molecular weight is 492 g/mol. The molecule has 1 aromatic carbocycles. The Labute approximate surface area is 201 Å². The Kier molecular flexibility index (Phi) is 7.98. The Hall–Kier alpha value is -3.03. The fraction of sp³-hybridized carbons (Fsp3) is 0.478. The van der Waals surface area contributed by atoms with Crippen LogP contribution in [0.5, 0.6) is 11.5 Å². The minimum absolute atomic E-state index is 0.124. The largest absolute Gasteiger partial charge is 0.491 e. The lowest BCUT2D eigenvalue weighted by atomic mass is 10.1. The number of hydrogen-bond acceptors (Lipinski definition) is 9. The summed E-state index contributed by atoms with van der Waals surface area (Å²) in [7, 11) is 2.88. The number of alkyl halides is 1. The van der Waals surface area contributed by atoms with Gasteiger partial charge < -0.3 is 40.1 Å². The van der Waals surface area contributed by atoms with Crippen LogP contribution in [0.4, 0.5) is 4.39 Å². The molecule has 4 rings (SSSR count). The van der Waals surface area contributed by atoms with Gasteiger partial charge in [-0.15, -0.1) is 0 Å². The third-order valence-electron chi connectivity index (χ3n) is 5.69. The maximum atomic E-state index is 15.2. The lowest BCUT2D eigenvalue weighted by molar-refractivity contribution is -0.0623. The van der Waals surface area contributed by atoms with Gasteiger partial charge in [-0.2, -0.15) is 4.98 Å². The molecule has 2 aromatic heterocycles. The Balaban J connectivity index is 1.75. The minimum Gasteiger partial charge on any atom is -0.491 e. The summed E-state index contributed by atoms with van der Waals surface area (Å²) >= 11 is 0. The highest BCUT2D eigenvalue weighted by atomic mass is 19.1. The van der Waals surface area contributed by atoms with Gasteiger partial charge in [-0.1, -0.05) is 6.07 Å². The number of halogens is 1. The lowest BCUT2D eigenvalue weighted by Crippen LogP contribution is -2.34. The number of aromatic nitrogens is 3. The number of ether oxygens (including phenoxy) is 5. The van der Waals surface area contributed by atoms with Crippen molar-refractivity contribution in [3.63, 3.8) is 0 Å². The van der Waals surface area contributed by atoms with E-state index >= 15 is 4.39 Å². The van der Waals surface area contributed by atoms with Crippen molar-refractivity contribution in [1.29, 1.82) is 0 Å². The second-order valence-corrected chi connectivity index (χ2v) is 7.99. The van der Waals surface area contributed by atoms with Crippen molar-refractivity contribution >= 4 is 11.0 Å². The molecule has 1 fully saturated rings. The molecule has 3 heterocycles. The van der Waals surface area contributed by atoms with Gasteiger partial charge in [-0.3, -0.25) is 4.57 Å². The SMILES string of the molecule is COC[C@H]1O[C@@H](n2cc3cc(-c4c(OCCN)cccc4OCCN)[nH]c3nc2=O)[C@@H](F)C1OC. The molecule has 1 aliphatic heterocycles. The molecule has 1 saturated heterocycles. The van der Waals surface area contributed by atoms with Crippen molar-refractivity contribution in [3.8, 4) is 22.8 Å². The van der Waals surface area contributed by atoms with Gasteiger partial charge in [0.05, 0.1) is 17.9 Å². The fourth-order valence-electron chi connectivity index (χ4n) is 4.18. The van der Waals surface area contributed by atoms with E-state index in [0.29, 0.717) is 60.1 Å². The third-order valence-corrected chi connectivity index (χ3v) is 5.69. The number of rotatable bonds is 11. The molecule has 3 aromatic rings. The van der Waals surface area contributed by atoms with Crippen LogP contribution in [-0.4, -0.2) is 80.0 Å². The molecule has 0 aliphatic carbocycles. The molecule has 5 N–H and O–H groups in total.